The third kappa shape index (κ3) is 2.41. The number of rotatable bonds is 4. The Morgan fingerprint density at radius 3 is 2.43 bits per heavy atom. The number of β-lactam (4-membered cyclic amide) rings is 1. The number of halogens is 1. The molecule has 1 aromatic carbocycles. The van der Waals surface area contributed by atoms with Gasteiger partial charge >= 0.3 is 0 Å². The number of methoxy groups -OCH3 is 1. The van der Waals surface area contributed by atoms with Crippen molar-refractivity contribution >= 4 is 54.0 Å². The maximum absolute atomic E-state index is 13.0. The lowest BCUT2D eigenvalue weighted by atomic mass is 9.85. The number of amides is 1. The maximum atomic E-state index is 13.0. The first-order valence-electron chi connectivity index (χ1n) is 7.46. The van der Waals surface area contributed by atoms with Gasteiger partial charge in [-0.1, -0.05) is 25.7 Å². The van der Waals surface area contributed by atoms with Crippen LogP contribution in [0.15, 0.2) is 45.0 Å². The SMILES string of the molecule is C=CC12SC([Si](C)(C)C)=C(I)C1N(c1ccc(OC)cc1)C2=O. The average molecular weight is 457 g/mol. The molecule has 3 nitrogen and oxygen atoms in total. The second-order valence-electron chi connectivity index (χ2n) is 6.80. The number of carbonyl (C=O) groups is 1. The Kier molecular flexibility index (Phi) is 4.21. The molecule has 2 atom stereocenters. The van der Waals surface area contributed by atoms with Crippen LogP contribution in [0.4, 0.5) is 5.69 Å². The van der Waals surface area contributed by atoms with Gasteiger partial charge in [0.05, 0.1) is 21.2 Å². The number of anilines is 1. The predicted molar refractivity (Wildman–Crippen MR) is 109 cm³/mol. The third-order valence-corrected chi connectivity index (χ3v) is 11.4. The molecule has 0 aromatic heterocycles. The molecule has 2 aliphatic rings. The van der Waals surface area contributed by atoms with Gasteiger partial charge in [-0.2, -0.15) is 0 Å². The van der Waals surface area contributed by atoms with E-state index in [0.717, 1.165) is 11.4 Å². The lowest BCUT2D eigenvalue weighted by Gasteiger charge is -2.50. The van der Waals surface area contributed by atoms with Crippen molar-refractivity contribution in [1.29, 1.82) is 0 Å². The van der Waals surface area contributed by atoms with E-state index in [4.69, 9.17) is 4.74 Å². The lowest BCUT2D eigenvalue weighted by molar-refractivity contribution is -0.125. The van der Waals surface area contributed by atoms with Gasteiger partial charge in [0.15, 0.2) is 0 Å². The van der Waals surface area contributed by atoms with Gasteiger partial charge in [0, 0.05) is 9.27 Å². The molecule has 2 unspecified atom stereocenters. The molecule has 2 aliphatic heterocycles. The van der Waals surface area contributed by atoms with E-state index in [0.29, 0.717) is 0 Å². The summed E-state index contributed by atoms with van der Waals surface area (Å²) >= 11 is 4.18. The van der Waals surface area contributed by atoms with E-state index in [9.17, 15) is 4.79 Å². The van der Waals surface area contributed by atoms with Gasteiger partial charge < -0.3 is 9.64 Å². The van der Waals surface area contributed by atoms with Crippen molar-refractivity contribution in [3.8, 4) is 5.75 Å². The summed E-state index contributed by atoms with van der Waals surface area (Å²) in [6, 6.07) is 7.77. The normalized spacial score (nSPS) is 26.9. The predicted octanol–water partition coefficient (Wildman–Crippen LogP) is 4.61. The minimum absolute atomic E-state index is 0.0771. The van der Waals surface area contributed by atoms with Crippen molar-refractivity contribution < 1.29 is 9.53 Å². The molecule has 1 amide bonds. The molecule has 1 saturated heterocycles. The van der Waals surface area contributed by atoms with Crippen LogP contribution in [0.1, 0.15) is 0 Å². The maximum Gasteiger partial charge on any atom is 0.250 e. The van der Waals surface area contributed by atoms with Gasteiger partial charge in [0.1, 0.15) is 10.5 Å². The van der Waals surface area contributed by atoms with E-state index < -0.39 is 12.8 Å². The quantitative estimate of drug-likeness (QED) is 0.286. The fraction of sp³-hybridized carbons (Fsp3) is 0.353. The highest BCUT2D eigenvalue weighted by Crippen LogP contribution is 2.61. The topological polar surface area (TPSA) is 29.5 Å². The fourth-order valence-electron chi connectivity index (χ4n) is 3.05. The zero-order valence-electron chi connectivity index (χ0n) is 13.7. The first-order valence-corrected chi connectivity index (χ1v) is 12.9. The van der Waals surface area contributed by atoms with Crippen LogP contribution in [-0.2, 0) is 4.79 Å². The summed E-state index contributed by atoms with van der Waals surface area (Å²) in [5, 5.41) is 0. The Hall–Kier alpha value is -0.733. The van der Waals surface area contributed by atoms with E-state index in [1.807, 2.05) is 35.2 Å². The van der Waals surface area contributed by atoms with Crippen LogP contribution in [0, 0.1) is 0 Å². The molecule has 3 rings (SSSR count). The molecule has 0 radical (unpaired) electrons. The Morgan fingerprint density at radius 1 is 1.35 bits per heavy atom. The van der Waals surface area contributed by atoms with E-state index in [-0.39, 0.29) is 11.9 Å². The van der Waals surface area contributed by atoms with Crippen LogP contribution in [0.5, 0.6) is 5.75 Å². The molecule has 0 saturated carbocycles. The molecular weight excluding hydrogens is 437 g/mol. The van der Waals surface area contributed by atoms with Crippen LogP contribution in [0.25, 0.3) is 0 Å². The molecule has 23 heavy (non-hydrogen) atoms. The van der Waals surface area contributed by atoms with Crippen LogP contribution >= 0.6 is 34.4 Å². The smallest absolute Gasteiger partial charge is 0.250 e. The molecule has 0 spiro atoms. The standard InChI is InChI=1S/C17H20INO2SSi/c1-6-17-14(13(18)15(22-17)23(3,4)5)19(16(17)20)11-7-9-12(21-2)10-8-11/h6-10,14H,1H2,2-5H3. The Balaban J connectivity index is 2.03. The first-order chi connectivity index (χ1) is 10.8. The second kappa shape index (κ2) is 5.67. The van der Waals surface area contributed by atoms with E-state index >= 15 is 0 Å². The van der Waals surface area contributed by atoms with Gasteiger partial charge in [0.25, 0.3) is 5.91 Å². The van der Waals surface area contributed by atoms with Crippen molar-refractivity contribution in [2.75, 3.05) is 12.0 Å². The van der Waals surface area contributed by atoms with Crippen molar-refractivity contribution in [1.82, 2.24) is 0 Å². The molecule has 122 valence electrons. The zero-order chi connectivity index (χ0) is 17.0. The largest absolute Gasteiger partial charge is 0.497 e. The first kappa shape index (κ1) is 17.1. The van der Waals surface area contributed by atoms with Gasteiger partial charge in [-0.05, 0) is 51.4 Å². The second-order valence-corrected chi connectivity index (χ2v) is 14.6. The number of benzene rings is 1. The Bertz CT molecular complexity index is 710. The van der Waals surface area contributed by atoms with Gasteiger partial charge in [-0.25, -0.2) is 0 Å². The monoisotopic (exact) mass is 457 g/mol. The van der Waals surface area contributed by atoms with Gasteiger partial charge in [-0.3, -0.25) is 4.79 Å². The van der Waals surface area contributed by atoms with E-state index in [1.54, 1.807) is 18.9 Å². The summed E-state index contributed by atoms with van der Waals surface area (Å²) in [6.07, 6.45) is 1.84. The molecule has 2 heterocycles. The molecule has 0 N–H and O–H groups in total. The zero-order valence-corrected chi connectivity index (χ0v) is 17.7. The van der Waals surface area contributed by atoms with Crippen molar-refractivity contribution in [2.45, 2.75) is 30.4 Å². The van der Waals surface area contributed by atoms with Crippen LogP contribution in [0.3, 0.4) is 0 Å². The number of thioether (sulfide) groups is 1. The van der Waals surface area contributed by atoms with Crippen molar-refractivity contribution in [3.05, 3.63) is 45.0 Å². The highest BCUT2D eigenvalue weighted by atomic mass is 127. The Morgan fingerprint density at radius 2 is 1.96 bits per heavy atom. The number of hydrogen-bond donors (Lipinski definition) is 0. The highest BCUT2D eigenvalue weighted by Gasteiger charge is 2.66. The Labute approximate surface area is 156 Å². The van der Waals surface area contributed by atoms with Crippen LogP contribution in [-0.4, -0.2) is 31.9 Å². The van der Waals surface area contributed by atoms with Crippen molar-refractivity contribution in [3.63, 3.8) is 0 Å². The summed E-state index contributed by atoms with van der Waals surface area (Å²) in [5.41, 5.74) is 0.921. The molecule has 0 aliphatic carbocycles. The summed E-state index contributed by atoms with van der Waals surface area (Å²) in [7, 11) is 0.164. The molecule has 6 heteroatoms. The van der Waals surface area contributed by atoms with E-state index in [1.165, 1.54) is 8.11 Å². The average Bonchev–Trinajstić information content (AvgIpc) is 2.78. The number of hydrogen-bond acceptors (Lipinski definition) is 3. The summed E-state index contributed by atoms with van der Waals surface area (Å²) < 4.78 is 7.43. The minimum Gasteiger partial charge on any atom is -0.497 e. The molecule has 1 aromatic rings. The lowest BCUT2D eigenvalue weighted by Crippen LogP contribution is -2.70. The van der Waals surface area contributed by atoms with Gasteiger partial charge in [-0.15, -0.1) is 18.3 Å². The van der Waals surface area contributed by atoms with Crippen molar-refractivity contribution in [2.24, 2.45) is 0 Å². The van der Waals surface area contributed by atoms with Gasteiger partial charge in [0.2, 0.25) is 0 Å². The number of nitrogens with zero attached hydrogens (tertiary/aromatic N) is 1. The molecule has 0 bridgehead atoms. The number of carbonyl (C=O) groups excluding carboxylic acids is 1. The molecular formula is C17H20INO2SSi. The molecule has 1 fully saturated rings. The van der Waals surface area contributed by atoms with E-state index in [2.05, 4.69) is 48.8 Å². The van der Waals surface area contributed by atoms with Crippen LogP contribution in [0.2, 0.25) is 19.6 Å². The summed E-state index contributed by atoms with van der Waals surface area (Å²) in [6.45, 7) is 11.0. The summed E-state index contributed by atoms with van der Waals surface area (Å²) in [5.74, 6) is 0.931. The van der Waals surface area contributed by atoms with Crippen LogP contribution < -0.4 is 9.64 Å². The fourth-order valence-corrected chi connectivity index (χ4v) is 10.5. The number of ether oxygens (including phenoxy) is 1. The minimum atomic E-state index is -1.48. The summed E-state index contributed by atoms with van der Waals surface area (Å²) in [4.78, 5) is 14.9. The number of fused-ring (bicyclic) bond motifs is 1. The highest BCUT2D eigenvalue weighted by molar-refractivity contribution is 14.1. The third-order valence-electron chi connectivity index (χ3n) is 4.28.